The summed E-state index contributed by atoms with van der Waals surface area (Å²) in [5.41, 5.74) is 2.91. The molecule has 7 nitrogen and oxygen atoms in total. The number of hydrogen-bond donors (Lipinski definition) is 2. The van der Waals surface area contributed by atoms with Gasteiger partial charge >= 0.3 is 0 Å². The lowest BCUT2D eigenvalue weighted by molar-refractivity contribution is -0.116. The zero-order valence-corrected chi connectivity index (χ0v) is 18.1. The quantitative estimate of drug-likeness (QED) is 0.724. The van der Waals surface area contributed by atoms with Crippen molar-refractivity contribution in [3.63, 3.8) is 0 Å². The van der Waals surface area contributed by atoms with Crippen molar-refractivity contribution in [1.29, 1.82) is 0 Å². The molecule has 29 heavy (non-hydrogen) atoms. The number of anilines is 1. The van der Waals surface area contributed by atoms with Crippen LogP contribution in [0.25, 0.3) is 0 Å². The highest BCUT2D eigenvalue weighted by molar-refractivity contribution is 7.89. The van der Waals surface area contributed by atoms with Crippen molar-refractivity contribution in [2.24, 2.45) is 0 Å². The Hall–Kier alpha value is -2.71. The molecular weight excluding hydrogens is 390 g/mol. The number of nitrogens with one attached hydrogen (secondary N) is 2. The normalized spacial score (nSPS) is 11.4. The van der Waals surface area contributed by atoms with Crippen molar-refractivity contribution in [2.45, 2.75) is 38.6 Å². The molecule has 156 valence electrons. The standard InChI is InChI=1S/C21H27N3O4S/c1-14(2)23-29(27,28)18-10-7-9-17(12-18)21(26)24(5)13-20(25)22-19-11-6-8-15(3)16(19)4/h6-12,14,23H,13H2,1-5H3,(H,22,25). The second-order valence-electron chi connectivity index (χ2n) is 7.26. The summed E-state index contributed by atoms with van der Waals surface area (Å²) in [6, 6.07) is 11.1. The minimum absolute atomic E-state index is 0.00490. The second kappa shape index (κ2) is 9.19. The van der Waals surface area contributed by atoms with Crippen molar-refractivity contribution >= 4 is 27.5 Å². The molecule has 0 saturated carbocycles. The minimum Gasteiger partial charge on any atom is -0.332 e. The van der Waals surface area contributed by atoms with Crippen LogP contribution < -0.4 is 10.0 Å². The SMILES string of the molecule is Cc1cccc(NC(=O)CN(C)C(=O)c2cccc(S(=O)(=O)NC(C)C)c2)c1C. The first kappa shape index (κ1) is 22.6. The molecule has 0 spiro atoms. The fraction of sp³-hybridized carbons (Fsp3) is 0.333. The minimum atomic E-state index is -3.71. The maximum absolute atomic E-state index is 12.7. The van der Waals surface area contributed by atoms with E-state index in [0.29, 0.717) is 5.69 Å². The smallest absolute Gasteiger partial charge is 0.254 e. The zero-order valence-electron chi connectivity index (χ0n) is 17.3. The molecule has 8 heteroatoms. The molecule has 0 heterocycles. The number of amides is 2. The van der Waals surface area contributed by atoms with Crippen LogP contribution in [-0.4, -0.2) is 44.8 Å². The predicted octanol–water partition coefficient (Wildman–Crippen LogP) is 2.70. The molecule has 2 amide bonds. The number of carbonyl (C=O) groups excluding carboxylic acids is 2. The Kier molecular flexibility index (Phi) is 7.16. The van der Waals surface area contributed by atoms with Gasteiger partial charge in [-0.3, -0.25) is 9.59 Å². The maximum atomic E-state index is 12.7. The molecule has 0 fully saturated rings. The monoisotopic (exact) mass is 417 g/mol. The number of hydrogen-bond acceptors (Lipinski definition) is 4. The van der Waals surface area contributed by atoms with Crippen LogP contribution in [0.2, 0.25) is 0 Å². The first-order chi connectivity index (χ1) is 13.5. The van der Waals surface area contributed by atoms with Gasteiger partial charge in [0.1, 0.15) is 0 Å². The van der Waals surface area contributed by atoms with Crippen molar-refractivity contribution in [3.8, 4) is 0 Å². The van der Waals surface area contributed by atoms with E-state index >= 15 is 0 Å². The number of nitrogens with zero attached hydrogens (tertiary/aromatic N) is 1. The molecule has 0 unspecified atom stereocenters. The number of sulfonamides is 1. The van der Waals surface area contributed by atoms with E-state index in [4.69, 9.17) is 0 Å². The Morgan fingerprint density at radius 3 is 2.38 bits per heavy atom. The summed E-state index contributed by atoms with van der Waals surface area (Å²) in [6.07, 6.45) is 0. The third-order valence-corrected chi connectivity index (χ3v) is 6.04. The average molecular weight is 418 g/mol. The van der Waals surface area contributed by atoms with Gasteiger partial charge in [0.2, 0.25) is 15.9 Å². The van der Waals surface area contributed by atoms with Crippen LogP contribution in [0.3, 0.4) is 0 Å². The molecule has 0 saturated heterocycles. The van der Waals surface area contributed by atoms with Crippen molar-refractivity contribution in [1.82, 2.24) is 9.62 Å². The Bertz CT molecular complexity index is 1020. The van der Waals surface area contributed by atoms with E-state index in [1.807, 2.05) is 26.0 Å². The fourth-order valence-corrected chi connectivity index (χ4v) is 4.05. The summed E-state index contributed by atoms with van der Waals surface area (Å²) in [5.74, 6) is -0.775. The van der Waals surface area contributed by atoms with Crippen molar-refractivity contribution < 1.29 is 18.0 Å². The number of carbonyl (C=O) groups is 2. The summed E-state index contributed by atoms with van der Waals surface area (Å²) >= 11 is 0. The van der Waals surface area contributed by atoms with Gasteiger partial charge in [-0.15, -0.1) is 0 Å². The van der Waals surface area contributed by atoms with Gasteiger partial charge in [-0.2, -0.15) is 0 Å². The van der Waals surface area contributed by atoms with Gasteiger partial charge in [0.15, 0.2) is 0 Å². The lowest BCUT2D eigenvalue weighted by atomic mass is 10.1. The first-order valence-electron chi connectivity index (χ1n) is 9.25. The molecule has 0 atom stereocenters. The van der Waals surface area contributed by atoms with Gasteiger partial charge in [0.05, 0.1) is 11.4 Å². The van der Waals surface area contributed by atoms with Crippen LogP contribution in [-0.2, 0) is 14.8 Å². The van der Waals surface area contributed by atoms with E-state index in [1.165, 1.54) is 36.2 Å². The van der Waals surface area contributed by atoms with Crippen molar-refractivity contribution in [2.75, 3.05) is 18.9 Å². The molecule has 0 aromatic heterocycles. The van der Waals surface area contributed by atoms with Gasteiger partial charge < -0.3 is 10.2 Å². The summed E-state index contributed by atoms with van der Waals surface area (Å²) in [5, 5.41) is 2.81. The van der Waals surface area contributed by atoms with Crippen LogP contribution in [0, 0.1) is 13.8 Å². The second-order valence-corrected chi connectivity index (χ2v) is 8.97. The third kappa shape index (κ3) is 5.88. The summed E-state index contributed by atoms with van der Waals surface area (Å²) in [6.45, 7) is 7.14. The Balaban J connectivity index is 2.11. The highest BCUT2D eigenvalue weighted by Gasteiger charge is 2.20. The van der Waals surface area contributed by atoms with Crippen LogP contribution in [0.1, 0.15) is 35.3 Å². The average Bonchev–Trinajstić information content (AvgIpc) is 2.64. The van der Waals surface area contributed by atoms with Crippen LogP contribution >= 0.6 is 0 Å². The molecule has 0 radical (unpaired) electrons. The van der Waals surface area contributed by atoms with E-state index in [1.54, 1.807) is 19.9 Å². The number of benzene rings is 2. The number of rotatable bonds is 7. The third-order valence-electron chi connectivity index (χ3n) is 4.39. The topological polar surface area (TPSA) is 95.6 Å². The lowest BCUT2D eigenvalue weighted by Crippen LogP contribution is -2.35. The van der Waals surface area contributed by atoms with Crippen molar-refractivity contribution in [3.05, 3.63) is 59.2 Å². The van der Waals surface area contributed by atoms with Crippen LogP contribution in [0.4, 0.5) is 5.69 Å². The molecule has 0 aliphatic heterocycles. The summed E-state index contributed by atoms with van der Waals surface area (Å²) in [4.78, 5) is 26.3. The molecule has 0 aliphatic rings. The fourth-order valence-electron chi connectivity index (χ4n) is 2.76. The van der Waals surface area contributed by atoms with E-state index in [2.05, 4.69) is 10.0 Å². The first-order valence-corrected chi connectivity index (χ1v) is 10.7. The molecule has 2 aromatic rings. The van der Waals surface area contributed by atoms with Crippen LogP contribution in [0.15, 0.2) is 47.4 Å². The Morgan fingerprint density at radius 2 is 1.72 bits per heavy atom. The molecular formula is C21H27N3O4S. The molecule has 0 bridgehead atoms. The molecule has 2 aromatic carbocycles. The predicted molar refractivity (Wildman–Crippen MR) is 113 cm³/mol. The molecule has 0 aliphatic carbocycles. The zero-order chi connectivity index (χ0) is 21.8. The van der Waals surface area contributed by atoms with E-state index in [9.17, 15) is 18.0 Å². The summed E-state index contributed by atoms with van der Waals surface area (Å²) in [7, 11) is -2.22. The van der Waals surface area contributed by atoms with E-state index < -0.39 is 15.9 Å². The molecule has 2 rings (SSSR count). The highest BCUT2D eigenvalue weighted by Crippen LogP contribution is 2.18. The van der Waals surface area contributed by atoms with Gasteiger partial charge in [-0.25, -0.2) is 13.1 Å². The summed E-state index contributed by atoms with van der Waals surface area (Å²) < 4.78 is 27.1. The highest BCUT2D eigenvalue weighted by atomic mass is 32.2. The lowest BCUT2D eigenvalue weighted by Gasteiger charge is -2.18. The number of likely N-dealkylation sites (N-methyl/N-ethyl adjacent to an activating group) is 1. The van der Waals surface area contributed by atoms with Gasteiger partial charge in [-0.1, -0.05) is 18.2 Å². The number of aryl methyl sites for hydroxylation is 1. The maximum Gasteiger partial charge on any atom is 0.254 e. The van der Waals surface area contributed by atoms with Crippen LogP contribution in [0.5, 0.6) is 0 Å². The largest absolute Gasteiger partial charge is 0.332 e. The van der Waals surface area contributed by atoms with E-state index in [-0.39, 0.29) is 29.0 Å². The Morgan fingerprint density at radius 1 is 1.07 bits per heavy atom. The van der Waals surface area contributed by atoms with E-state index in [0.717, 1.165) is 11.1 Å². The Labute approximate surface area is 172 Å². The van der Waals surface area contributed by atoms with Gasteiger partial charge in [0, 0.05) is 24.3 Å². The van der Waals surface area contributed by atoms with Gasteiger partial charge in [-0.05, 0) is 63.1 Å². The van der Waals surface area contributed by atoms with Gasteiger partial charge in [0.25, 0.3) is 5.91 Å². The molecule has 2 N–H and O–H groups in total.